The molecule has 2 aromatic carbocycles. The van der Waals surface area contributed by atoms with Gasteiger partial charge in [0.25, 0.3) is 5.56 Å². The Morgan fingerprint density at radius 3 is 2.84 bits per heavy atom. The molecule has 8 heteroatoms. The van der Waals surface area contributed by atoms with Gasteiger partial charge in [0.15, 0.2) is 0 Å². The standard InChI is InChI=1S/C17H9BrCl2N4O/c18-10-2-4-14-12(5-10)15-16(23-14)17(25)24(8-21-15)22-7-9-1-3-11(19)6-13(9)20/h1-8,23H/b22-7-. The summed E-state index contributed by atoms with van der Waals surface area (Å²) in [5, 5.41) is 6.02. The van der Waals surface area contributed by atoms with Gasteiger partial charge < -0.3 is 4.98 Å². The molecule has 124 valence electrons. The molecule has 0 unspecified atom stereocenters. The Hall–Kier alpha value is -2.15. The molecule has 0 aliphatic rings. The van der Waals surface area contributed by atoms with Crippen molar-refractivity contribution in [1.29, 1.82) is 0 Å². The second-order valence-corrected chi connectivity index (χ2v) is 7.10. The second-order valence-electron chi connectivity index (χ2n) is 5.34. The van der Waals surface area contributed by atoms with E-state index in [1.807, 2.05) is 18.2 Å². The summed E-state index contributed by atoms with van der Waals surface area (Å²) >= 11 is 15.4. The lowest BCUT2D eigenvalue weighted by molar-refractivity contribution is 0.815. The van der Waals surface area contributed by atoms with E-state index in [4.69, 9.17) is 23.2 Å². The van der Waals surface area contributed by atoms with Crippen molar-refractivity contribution < 1.29 is 0 Å². The van der Waals surface area contributed by atoms with Crippen LogP contribution in [0.2, 0.25) is 10.0 Å². The fourth-order valence-corrected chi connectivity index (χ4v) is 3.35. The van der Waals surface area contributed by atoms with Crippen LogP contribution in [-0.4, -0.2) is 20.9 Å². The van der Waals surface area contributed by atoms with Crippen molar-refractivity contribution in [2.75, 3.05) is 0 Å². The Labute approximate surface area is 160 Å². The van der Waals surface area contributed by atoms with Crippen molar-refractivity contribution >= 4 is 67.3 Å². The molecular weight excluding hydrogens is 427 g/mol. The molecule has 2 heterocycles. The predicted molar refractivity (Wildman–Crippen MR) is 105 cm³/mol. The number of hydrogen-bond acceptors (Lipinski definition) is 3. The molecule has 0 fully saturated rings. The van der Waals surface area contributed by atoms with Gasteiger partial charge in [-0.1, -0.05) is 45.2 Å². The average Bonchev–Trinajstić information content (AvgIpc) is 2.94. The number of aromatic amines is 1. The van der Waals surface area contributed by atoms with Gasteiger partial charge in [-0.3, -0.25) is 4.79 Å². The van der Waals surface area contributed by atoms with E-state index in [-0.39, 0.29) is 5.56 Å². The number of hydrogen-bond donors (Lipinski definition) is 1. The zero-order valence-corrected chi connectivity index (χ0v) is 15.6. The Kier molecular flexibility index (Phi) is 4.11. The molecule has 0 saturated heterocycles. The number of halogens is 3. The molecule has 0 aliphatic carbocycles. The van der Waals surface area contributed by atoms with E-state index >= 15 is 0 Å². The lowest BCUT2D eigenvalue weighted by Gasteiger charge is -2.00. The van der Waals surface area contributed by atoms with Crippen molar-refractivity contribution in [3.05, 3.63) is 73.2 Å². The largest absolute Gasteiger partial charge is 0.349 e. The van der Waals surface area contributed by atoms with Gasteiger partial charge in [-0.05, 0) is 30.3 Å². The molecule has 25 heavy (non-hydrogen) atoms. The topological polar surface area (TPSA) is 63.0 Å². The van der Waals surface area contributed by atoms with Crippen LogP contribution in [0.25, 0.3) is 21.9 Å². The summed E-state index contributed by atoms with van der Waals surface area (Å²) in [6.45, 7) is 0. The van der Waals surface area contributed by atoms with Gasteiger partial charge in [0.2, 0.25) is 0 Å². The van der Waals surface area contributed by atoms with E-state index in [2.05, 4.69) is 31.0 Å². The van der Waals surface area contributed by atoms with Gasteiger partial charge in [0, 0.05) is 26.0 Å². The van der Waals surface area contributed by atoms with E-state index < -0.39 is 0 Å². The fraction of sp³-hybridized carbons (Fsp3) is 0. The van der Waals surface area contributed by atoms with Crippen LogP contribution >= 0.6 is 39.1 Å². The predicted octanol–water partition coefficient (Wildman–Crippen LogP) is 4.83. The van der Waals surface area contributed by atoms with Crippen LogP contribution in [-0.2, 0) is 0 Å². The molecule has 0 saturated carbocycles. The SMILES string of the molecule is O=c1c2[nH]c3ccc(Br)cc3c2ncn1/N=C\c1ccc(Cl)cc1Cl. The van der Waals surface area contributed by atoms with Crippen molar-refractivity contribution in [2.45, 2.75) is 0 Å². The number of benzene rings is 2. The Balaban J connectivity index is 1.83. The molecule has 4 aromatic rings. The van der Waals surface area contributed by atoms with Crippen molar-refractivity contribution in [3.63, 3.8) is 0 Å². The first-order valence-electron chi connectivity index (χ1n) is 7.21. The maximum atomic E-state index is 12.7. The average molecular weight is 436 g/mol. The summed E-state index contributed by atoms with van der Waals surface area (Å²) in [4.78, 5) is 20.1. The van der Waals surface area contributed by atoms with Crippen LogP contribution in [0.15, 0.2) is 57.1 Å². The molecular formula is C17H9BrCl2N4O. The fourth-order valence-electron chi connectivity index (χ4n) is 2.53. The normalized spacial score (nSPS) is 11.8. The summed E-state index contributed by atoms with van der Waals surface area (Å²) in [5.74, 6) is 0. The zero-order valence-electron chi connectivity index (χ0n) is 12.5. The van der Waals surface area contributed by atoms with Gasteiger partial charge in [-0.25, -0.2) is 4.98 Å². The summed E-state index contributed by atoms with van der Waals surface area (Å²) in [6.07, 6.45) is 2.88. The Morgan fingerprint density at radius 1 is 1.20 bits per heavy atom. The smallest absolute Gasteiger partial charge is 0.298 e. The summed E-state index contributed by atoms with van der Waals surface area (Å²) in [7, 11) is 0. The summed E-state index contributed by atoms with van der Waals surface area (Å²) < 4.78 is 2.08. The van der Waals surface area contributed by atoms with Crippen molar-refractivity contribution in [1.82, 2.24) is 14.6 Å². The Morgan fingerprint density at radius 2 is 2.04 bits per heavy atom. The second kappa shape index (κ2) is 6.29. The molecule has 0 radical (unpaired) electrons. The maximum Gasteiger partial charge on any atom is 0.298 e. The van der Waals surface area contributed by atoms with Gasteiger partial charge in [0.1, 0.15) is 17.4 Å². The highest BCUT2D eigenvalue weighted by atomic mass is 79.9. The maximum absolute atomic E-state index is 12.7. The highest BCUT2D eigenvalue weighted by Gasteiger charge is 2.11. The molecule has 2 aromatic heterocycles. The quantitative estimate of drug-likeness (QED) is 0.458. The zero-order chi connectivity index (χ0) is 17.6. The molecule has 5 nitrogen and oxygen atoms in total. The number of nitrogens with zero attached hydrogens (tertiary/aromatic N) is 3. The lowest BCUT2D eigenvalue weighted by atomic mass is 10.2. The molecule has 1 N–H and O–H groups in total. The first kappa shape index (κ1) is 16.3. The molecule has 0 bridgehead atoms. The molecule has 0 amide bonds. The van der Waals surface area contributed by atoms with Gasteiger partial charge in [-0.2, -0.15) is 9.78 Å². The third-order valence-corrected chi connectivity index (χ3v) is 4.79. The lowest BCUT2D eigenvalue weighted by Crippen LogP contribution is -2.17. The van der Waals surface area contributed by atoms with Crippen molar-refractivity contribution in [3.8, 4) is 0 Å². The molecule has 0 aliphatic heterocycles. The molecule has 0 atom stereocenters. The minimum absolute atomic E-state index is 0.293. The van der Waals surface area contributed by atoms with E-state index in [1.165, 1.54) is 12.5 Å². The number of nitrogens with one attached hydrogen (secondary N) is 1. The number of aromatic nitrogens is 3. The van der Waals surface area contributed by atoms with E-state index in [9.17, 15) is 4.79 Å². The minimum Gasteiger partial charge on any atom is -0.349 e. The van der Waals surface area contributed by atoms with E-state index in [1.54, 1.807) is 18.2 Å². The van der Waals surface area contributed by atoms with Crippen LogP contribution in [0.4, 0.5) is 0 Å². The Bertz CT molecular complexity index is 1210. The van der Waals surface area contributed by atoms with E-state index in [0.29, 0.717) is 26.6 Å². The third-order valence-electron chi connectivity index (χ3n) is 3.74. The third kappa shape index (κ3) is 2.97. The van der Waals surface area contributed by atoms with Gasteiger partial charge in [-0.15, -0.1) is 0 Å². The molecule has 0 spiro atoms. The van der Waals surface area contributed by atoms with Crippen LogP contribution in [0.5, 0.6) is 0 Å². The van der Waals surface area contributed by atoms with Crippen LogP contribution in [0, 0.1) is 0 Å². The van der Waals surface area contributed by atoms with Crippen LogP contribution in [0.1, 0.15) is 5.56 Å². The number of fused-ring (bicyclic) bond motifs is 3. The molecule has 4 rings (SSSR count). The minimum atomic E-state index is -0.293. The summed E-state index contributed by atoms with van der Waals surface area (Å²) in [5.41, 5.74) is 2.20. The van der Waals surface area contributed by atoms with Gasteiger partial charge in [0.05, 0.1) is 11.2 Å². The van der Waals surface area contributed by atoms with Gasteiger partial charge >= 0.3 is 0 Å². The number of H-pyrrole nitrogens is 1. The monoisotopic (exact) mass is 434 g/mol. The highest BCUT2D eigenvalue weighted by molar-refractivity contribution is 9.10. The van der Waals surface area contributed by atoms with Crippen LogP contribution in [0.3, 0.4) is 0 Å². The van der Waals surface area contributed by atoms with Crippen molar-refractivity contribution in [2.24, 2.45) is 5.10 Å². The first-order chi connectivity index (χ1) is 12.0. The summed E-state index contributed by atoms with van der Waals surface area (Å²) in [6, 6.07) is 10.8. The highest BCUT2D eigenvalue weighted by Crippen LogP contribution is 2.25. The van der Waals surface area contributed by atoms with E-state index in [0.717, 1.165) is 20.1 Å². The first-order valence-corrected chi connectivity index (χ1v) is 8.76. The van der Waals surface area contributed by atoms with Crippen LogP contribution < -0.4 is 5.56 Å². The number of rotatable bonds is 2.